The summed E-state index contributed by atoms with van der Waals surface area (Å²) in [6.45, 7) is 0.361. The van der Waals surface area contributed by atoms with Crippen LogP contribution in [0.3, 0.4) is 0 Å². The smallest absolute Gasteiger partial charge is 0.261 e. The number of hydrogen-bond acceptors (Lipinski definition) is 3. The van der Waals surface area contributed by atoms with Crippen molar-refractivity contribution in [1.29, 1.82) is 0 Å². The monoisotopic (exact) mass is 297 g/mol. The van der Waals surface area contributed by atoms with Gasteiger partial charge in [-0.25, -0.2) is 0 Å². The number of amides is 2. The summed E-state index contributed by atoms with van der Waals surface area (Å²) in [5.41, 5.74) is 2.08. The summed E-state index contributed by atoms with van der Waals surface area (Å²) >= 11 is 4.37. The van der Waals surface area contributed by atoms with Crippen molar-refractivity contribution in [3.63, 3.8) is 0 Å². The van der Waals surface area contributed by atoms with Gasteiger partial charge in [-0.05, 0) is 23.4 Å². The van der Waals surface area contributed by atoms with Crippen molar-refractivity contribution in [2.75, 3.05) is 12.3 Å². The zero-order valence-corrected chi connectivity index (χ0v) is 12.3. The van der Waals surface area contributed by atoms with Gasteiger partial charge >= 0.3 is 0 Å². The summed E-state index contributed by atoms with van der Waals surface area (Å²) in [4.78, 5) is 26.1. The Bertz CT molecular complexity index is 649. The van der Waals surface area contributed by atoms with E-state index in [4.69, 9.17) is 0 Å². The molecule has 1 heterocycles. The quantitative estimate of drug-likeness (QED) is 0.696. The lowest BCUT2D eigenvalue weighted by Gasteiger charge is -2.21. The number of hydrogen-bond donors (Lipinski definition) is 1. The Labute approximate surface area is 129 Å². The first-order valence-corrected chi connectivity index (χ1v) is 7.46. The van der Waals surface area contributed by atoms with Crippen LogP contribution in [0.4, 0.5) is 0 Å². The minimum absolute atomic E-state index is 0.0387. The van der Waals surface area contributed by atoms with Gasteiger partial charge in [0.05, 0.1) is 11.1 Å². The van der Waals surface area contributed by atoms with Crippen LogP contribution in [0.5, 0.6) is 0 Å². The van der Waals surface area contributed by atoms with Crippen molar-refractivity contribution in [3.8, 4) is 0 Å². The van der Waals surface area contributed by atoms with Gasteiger partial charge in [-0.2, -0.15) is 12.6 Å². The zero-order chi connectivity index (χ0) is 14.8. The molecule has 106 valence electrons. The highest BCUT2D eigenvalue weighted by Gasteiger charge is 2.36. The van der Waals surface area contributed by atoms with Crippen molar-refractivity contribution in [1.82, 2.24) is 4.90 Å². The molecule has 0 aliphatic carbocycles. The van der Waals surface area contributed by atoms with Gasteiger partial charge in [0.25, 0.3) is 11.8 Å². The Morgan fingerprint density at radius 3 is 1.90 bits per heavy atom. The lowest BCUT2D eigenvalue weighted by Crippen LogP contribution is -2.34. The van der Waals surface area contributed by atoms with Crippen molar-refractivity contribution in [3.05, 3.63) is 71.3 Å². The second-order valence-corrected chi connectivity index (χ2v) is 5.42. The Morgan fingerprint density at radius 2 is 1.38 bits per heavy atom. The average Bonchev–Trinajstić information content (AvgIpc) is 2.78. The molecule has 0 spiro atoms. The number of rotatable bonds is 4. The van der Waals surface area contributed by atoms with E-state index in [9.17, 15) is 9.59 Å². The number of nitrogens with zero attached hydrogens (tertiary/aromatic N) is 1. The number of imide groups is 1. The summed E-state index contributed by atoms with van der Waals surface area (Å²) < 4.78 is 0. The lowest BCUT2D eigenvalue weighted by molar-refractivity contribution is 0.0647. The molecule has 1 unspecified atom stereocenters. The standard InChI is InChI=1S/C17H15NO2S/c19-16-14-8-4-5-9-15(14)17(20)18(16)10-13(11-21)12-6-2-1-3-7-12/h1-9,13,21H,10-11H2. The molecular weight excluding hydrogens is 282 g/mol. The molecule has 0 saturated heterocycles. The maximum Gasteiger partial charge on any atom is 0.261 e. The summed E-state index contributed by atoms with van der Waals surface area (Å²) in [7, 11) is 0. The van der Waals surface area contributed by atoms with Gasteiger partial charge in [0.15, 0.2) is 0 Å². The molecule has 2 aromatic rings. The molecule has 0 radical (unpaired) electrons. The molecule has 3 rings (SSSR count). The molecule has 0 N–H and O–H groups in total. The van der Waals surface area contributed by atoms with Crippen LogP contribution in [-0.4, -0.2) is 29.0 Å². The van der Waals surface area contributed by atoms with Crippen LogP contribution in [0, 0.1) is 0 Å². The molecule has 0 fully saturated rings. The average molecular weight is 297 g/mol. The highest BCUT2D eigenvalue weighted by atomic mass is 32.1. The van der Waals surface area contributed by atoms with E-state index >= 15 is 0 Å². The first kappa shape index (κ1) is 13.9. The normalized spacial score (nSPS) is 15.2. The molecule has 1 aliphatic rings. The fourth-order valence-corrected chi connectivity index (χ4v) is 2.95. The molecule has 1 aliphatic heterocycles. The van der Waals surface area contributed by atoms with Crippen LogP contribution in [-0.2, 0) is 0 Å². The van der Waals surface area contributed by atoms with E-state index in [1.54, 1.807) is 24.3 Å². The minimum Gasteiger partial charge on any atom is -0.274 e. The number of carbonyl (C=O) groups is 2. The predicted octanol–water partition coefficient (Wildman–Crippen LogP) is 3.00. The third-order valence-corrected chi connectivity index (χ3v) is 4.21. The fraction of sp³-hybridized carbons (Fsp3) is 0.176. The second-order valence-electron chi connectivity index (χ2n) is 5.06. The van der Waals surface area contributed by atoms with Crippen molar-refractivity contribution >= 4 is 24.4 Å². The van der Waals surface area contributed by atoms with E-state index in [1.807, 2.05) is 30.3 Å². The third kappa shape index (κ3) is 2.47. The van der Waals surface area contributed by atoms with Crippen LogP contribution in [0.25, 0.3) is 0 Å². The van der Waals surface area contributed by atoms with Gasteiger partial charge in [0, 0.05) is 12.5 Å². The molecule has 0 aromatic heterocycles. The highest BCUT2D eigenvalue weighted by molar-refractivity contribution is 7.80. The zero-order valence-electron chi connectivity index (χ0n) is 11.4. The molecule has 0 saturated carbocycles. The predicted molar refractivity (Wildman–Crippen MR) is 84.8 cm³/mol. The third-order valence-electron chi connectivity index (χ3n) is 3.77. The molecular formula is C17H15NO2S. The topological polar surface area (TPSA) is 37.4 Å². The van der Waals surface area contributed by atoms with E-state index in [-0.39, 0.29) is 17.7 Å². The summed E-state index contributed by atoms with van der Waals surface area (Å²) in [6, 6.07) is 16.8. The van der Waals surface area contributed by atoms with Crippen LogP contribution >= 0.6 is 12.6 Å². The molecule has 4 heteroatoms. The SMILES string of the molecule is O=C1c2ccccc2C(=O)N1CC(CS)c1ccccc1. The van der Waals surface area contributed by atoms with E-state index in [1.165, 1.54) is 4.90 Å². The summed E-state index contributed by atoms with van der Waals surface area (Å²) in [6.07, 6.45) is 0. The van der Waals surface area contributed by atoms with Crippen molar-refractivity contribution < 1.29 is 9.59 Å². The Kier molecular flexibility index (Phi) is 3.80. The Hall–Kier alpha value is -2.07. The van der Waals surface area contributed by atoms with E-state index < -0.39 is 0 Å². The van der Waals surface area contributed by atoms with Crippen LogP contribution in [0.15, 0.2) is 54.6 Å². The van der Waals surface area contributed by atoms with E-state index in [0.717, 1.165) is 5.56 Å². The van der Waals surface area contributed by atoms with Gasteiger partial charge in [-0.15, -0.1) is 0 Å². The van der Waals surface area contributed by atoms with Gasteiger partial charge in [-0.3, -0.25) is 14.5 Å². The Balaban J connectivity index is 1.86. The lowest BCUT2D eigenvalue weighted by atomic mass is 10.0. The van der Waals surface area contributed by atoms with Gasteiger partial charge in [0.2, 0.25) is 0 Å². The number of thiol groups is 1. The van der Waals surface area contributed by atoms with Gasteiger partial charge < -0.3 is 0 Å². The molecule has 1 atom stereocenters. The summed E-state index contributed by atoms with van der Waals surface area (Å²) in [5.74, 6) is 0.200. The first-order chi connectivity index (χ1) is 10.2. The molecule has 2 aromatic carbocycles. The molecule has 3 nitrogen and oxygen atoms in total. The number of benzene rings is 2. The fourth-order valence-electron chi connectivity index (χ4n) is 2.62. The highest BCUT2D eigenvalue weighted by Crippen LogP contribution is 2.26. The first-order valence-electron chi connectivity index (χ1n) is 6.83. The van der Waals surface area contributed by atoms with Gasteiger partial charge in [-0.1, -0.05) is 42.5 Å². The van der Waals surface area contributed by atoms with Gasteiger partial charge in [0.1, 0.15) is 0 Å². The summed E-state index contributed by atoms with van der Waals surface area (Å²) in [5, 5.41) is 0. The van der Waals surface area contributed by atoms with Crippen molar-refractivity contribution in [2.24, 2.45) is 0 Å². The molecule has 0 bridgehead atoms. The molecule has 2 amide bonds. The van der Waals surface area contributed by atoms with Crippen LogP contribution in [0.2, 0.25) is 0 Å². The maximum absolute atomic E-state index is 12.4. The number of fused-ring (bicyclic) bond motifs is 1. The van der Waals surface area contributed by atoms with Crippen LogP contribution < -0.4 is 0 Å². The molecule has 21 heavy (non-hydrogen) atoms. The maximum atomic E-state index is 12.4. The van der Waals surface area contributed by atoms with E-state index in [0.29, 0.717) is 23.4 Å². The van der Waals surface area contributed by atoms with E-state index in [2.05, 4.69) is 12.6 Å². The second kappa shape index (κ2) is 5.74. The van der Waals surface area contributed by atoms with Crippen molar-refractivity contribution in [2.45, 2.75) is 5.92 Å². The Morgan fingerprint density at radius 1 is 0.857 bits per heavy atom. The largest absolute Gasteiger partial charge is 0.274 e. The minimum atomic E-state index is -0.210. The number of carbonyl (C=O) groups excluding carboxylic acids is 2. The van der Waals surface area contributed by atoms with Crippen LogP contribution in [0.1, 0.15) is 32.2 Å².